The molecule has 0 aliphatic rings. The van der Waals surface area contributed by atoms with Crippen molar-refractivity contribution in [1.29, 1.82) is 0 Å². The summed E-state index contributed by atoms with van der Waals surface area (Å²) in [5, 5.41) is -0.550. The molecule has 2 N–H and O–H groups in total. The van der Waals surface area contributed by atoms with Gasteiger partial charge in [-0.15, -0.1) is 9.24 Å². The largest absolute Gasteiger partial charge is 0.369 e. The van der Waals surface area contributed by atoms with Gasteiger partial charge in [0.15, 0.2) is 0 Å². The van der Waals surface area contributed by atoms with Crippen molar-refractivity contribution in [2.24, 2.45) is 23.0 Å². The normalized spacial score (nSPS) is 17.6. The highest BCUT2D eigenvalue weighted by Gasteiger charge is 2.39. The molecular weight excluding hydrogens is 229 g/mol. The minimum atomic E-state index is -0.550. The molecule has 0 bridgehead atoms. The fraction of sp³-hybridized carbons (Fsp3) is 0.786. The zero-order chi connectivity index (χ0) is 14.0. The SMILES string of the molecule is C=C(C)C(C(C)C)C(C)(C)CC(C)(P)C(N)=O. The molecule has 3 atom stereocenters. The summed E-state index contributed by atoms with van der Waals surface area (Å²) < 4.78 is 0. The van der Waals surface area contributed by atoms with Gasteiger partial charge >= 0.3 is 0 Å². The second kappa shape index (κ2) is 5.52. The third kappa shape index (κ3) is 4.43. The lowest BCUT2D eigenvalue weighted by molar-refractivity contribution is -0.121. The number of amides is 1. The van der Waals surface area contributed by atoms with E-state index in [4.69, 9.17) is 5.73 Å². The Morgan fingerprint density at radius 2 is 1.76 bits per heavy atom. The van der Waals surface area contributed by atoms with E-state index in [2.05, 4.69) is 50.4 Å². The third-order valence-electron chi connectivity index (χ3n) is 3.43. The second-order valence-corrected chi connectivity index (χ2v) is 7.79. The predicted molar refractivity (Wildman–Crippen MR) is 78.8 cm³/mol. The lowest BCUT2D eigenvalue weighted by atomic mass is 9.66. The van der Waals surface area contributed by atoms with Crippen LogP contribution in [0.1, 0.15) is 48.0 Å². The van der Waals surface area contributed by atoms with Crippen LogP contribution >= 0.6 is 9.24 Å². The first-order valence-electron chi connectivity index (χ1n) is 6.16. The van der Waals surface area contributed by atoms with Gasteiger partial charge in [-0.3, -0.25) is 4.79 Å². The minimum absolute atomic E-state index is 0.00549. The maximum atomic E-state index is 11.4. The molecule has 0 saturated carbocycles. The second-order valence-electron chi connectivity index (χ2n) is 6.52. The Kier molecular flexibility index (Phi) is 5.40. The van der Waals surface area contributed by atoms with Gasteiger partial charge in [0.1, 0.15) is 0 Å². The van der Waals surface area contributed by atoms with Crippen LogP contribution in [-0.2, 0) is 4.79 Å². The summed E-state index contributed by atoms with van der Waals surface area (Å²) >= 11 is 0. The molecule has 0 aromatic heterocycles. The van der Waals surface area contributed by atoms with E-state index in [-0.39, 0.29) is 11.3 Å². The molecule has 3 heteroatoms. The van der Waals surface area contributed by atoms with Crippen LogP contribution in [-0.4, -0.2) is 11.1 Å². The summed E-state index contributed by atoms with van der Waals surface area (Å²) in [5.74, 6) is 0.637. The molecule has 0 saturated heterocycles. The maximum absolute atomic E-state index is 11.4. The number of primary amides is 1. The Morgan fingerprint density at radius 1 is 1.35 bits per heavy atom. The van der Waals surface area contributed by atoms with E-state index in [0.717, 1.165) is 6.42 Å². The van der Waals surface area contributed by atoms with Crippen molar-refractivity contribution in [3.63, 3.8) is 0 Å². The van der Waals surface area contributed by atoms with Crippen molar-refractivity contribution in [3.8, 4) is 0 Å². The van der Waals surface area contributed by atoms with Crippen molar-refractivity contribution in [3.05, 3.63) is 12.2 Å². The third-order valence-corrected chi connectivity index (χ3v) is 3.91. The van der Waals surface area contributed by atoms with Crippen LogP contribution in [0.4, 0.5) is 0 Å². The molecule has 0 fully saturated rings. The van der Waals surface area contributed by atoms with Crippen LogP contribution in [0.3, 0.4) is 0 Å². The van der Waals surface area contributed by atoms with E-state index in [1.807, 2.05) is 6.92 Å². The smallest absolute Gasteiger partial charge is 0.227 e. The van der Waals surface area contributed by atoms with Crippen molar-refractivity contribution < 1.29 is 4.79 Å². The van der Waals surface area contributed by atoms with E-state index >= 15 is 0 Å². The summed E-state index contributed by atoms with van der Waals surface area (Å²) in [6.07, 6.45) is 0.746. The quantitative estimate of drug-likeness (QED) is 0.575. The summed E-state index contributed by atoms with van der Waals surface area (Å²) in [4.78, 5) is 11.4. The molecule has 2 nitrogen and oxygen atoms in total. The number of nitrogens with two attached hydrogens (primary N) is 1. The van der Waals surface area contributed by atoms with Crippen LogP contribution in [0, 0.1) is 17.3 Å². The van der Waals surface area contributed by atoms with E-state index in [0.29, 0.717) is 11.8 Å². The van der Waals surface area contributed by atoms with Crippen LogP contribution in [0.2, 0.25) is 0 Å². The number of hydrogen-bond acceptors (Lipinski definition) is 1. The zero-order valence-corrected chi connectivity index (χ0v) is 13.3. The Balaban J connectivity index is 5.12. The minimum Gasteiger partial charge on any atom is -0.369 e. The monoisotopic (exact) mass is 257 g/mol. The van der Waals surface area contributed by atoms with Crippen LogP contribution in [0.15, 0.2) is 12.2 Å². The maximum Gasteiger partial charge on any atom is 0.227 e. The highest BCUT2D eigenvalue weighted by molar-refractivity contribution is 7.21. The number of carbonyl (C=O) groups is 1. The van der Waals surface area contributed by atoms with E-state index in [1.165, 1.54) is 5.57 Å². The van der Waals surface area contributed by atoms with Crippen LogP contribution in [0.25, 0.3) is 0 Å². The van der Waals surface area contributed by atoms with E-state index in [1.54, 1.807) is 0 Å². The molecule has 0 spiro atoms. The molecule has 3 unspecified atom stereocenters. The Labute approximate surface area is 109 Å². The van der Waals surface area contributed by atoms with Crippen molar-refractivity contribution in [2.45, 2.75) is 53.1 Å². The fourth-order valence-corrected chi connectivity index (χ4v) is 3.81. The molecule has 0 aromatic carbocycles. The number of rotatable bonds is 6. The molecule has 1 amide bonds. The zero-order valence-electron chi connectivity index (χ0n) is 12.1. The van der Waals surface area contributed by atoms with Gasteiger partial charge in [0.25, 0.3) is 0 Å². The highest BCUT2D eigenvalue weighted by Crippen LogP contribution is 2.44. The van der Waals surface area contributed by atoms with Gasteiger partial charge in [-0.25, -0.2) is 0 Å². The van der Waals surface area contributed by atoms with Crippen molar-refractivity contribution in [1.82, 2.24) is 0 Å². The molecule has 0 rings (SSSR count). The highest BCUT2D eigenvalue weighted by atomic mass is 31.0. The summed E-state index contributed by atoms with van der Waals surface area (Å²) in [6.45, 7) is 16.8. The molecule has 100 valence electrons. The average molecular weight is 257 g/mol. The first kappa shape index (κ1) is 16.6. The first-order valence-corrected chi connectivity index (χ1v) is 6.73. The molecule has 0 aliphatic heterocycles. The van der Waals surface area contributed by atoms with Crippen molar-refractivity contribution in [2.75, 3.05) is 0 Å². The van der Waals surface area contributed by atoms with Gasteiger partial charge in [0.2, 0.25) is 5.91 Å². The lowest BCUT2D eigenvalue weighted by Gasteiger charge is -2.41. The molecule has 0 radical (unpaired) electrons. The van der Waals surface area contributed by atoms with Gasteiger partial charge in [-0.05, 0) is 37.5 Å². The van der Waals surface area contributed by atoms with Gasteiger partial charge in [0.05, 0.1) is 5.16 Å². The van der Waals surface area contributed by atoms with Crippen molar-refractivity contribution >= 4 is 15.1 Å². The fourth-order valence-electron chi connectivity index (χ4n) is 3.28. The number of carbonyl (C=O) groups excluding carboxylic acids is 1. The predicted octanol–water partition coefficient (Wildman–Crippen LogP) is 3.37. The standard InChI is InChI=1S/C14H28NOP/c1-9(2)11(10(3)4)13(5,6)8-14(7,17)12(15)16/h10-11H,1,8,17H2,2-7H3,(H2,15,16). The number of hydrogen-bond donors (Lipinski definition) is 1. The summed E-state index contributed by atoms with van der Waals surface area (Å²) in [5.41, 5.74) is 6.63. The first-order chi connectivity index (χ1) is 7.42. The van der Waals surface area contributed by atoms with Crippen LogP contribution in [0.5, 0.6) is 0 Å². The van der Waals surface area contributed by atoms with E-state index in [9.17, 15) is 4.79 Å². The van der Waals surface area contributed by atoms with Gasteiger partial charge in [-0.2, -0.15) is 0 Å². The van der Waals surface area contributed by atoms with E-state index < -0.39 is 5.16 Å². The lowest BCUT2D eigenvalue weighted by Crippen LogP contribution is -2.42. The average Bonchev–Trinajstić information content (AvgIpc) is 1.97. The summed E-state index contributed by atoms with van der Waals surface area (Å²) in [7, 11) is 2.60. The Bertz CT molecular complexity index is 305. The Morgan fingerprint density at radius 3 is 2.00 bits per heavy atom. The number of allylic oxidation sites excluding steroid dienone is 1. The summed E-state index contributed by atoms with van der Waals surface area (Å²) in [6, 6.07) is 0. The Hall–Kier alpha value is -0.360. The molecule has 0 aromatic rings. The van der Waals surface area contributed by atoms with Gasteiger partial charge < -0.3 is 5.73 Å². The molecule has 17 heavy (non-hydrogen) atoms. The molecular formula is C14H28NOP. The van der Waals surface area contributed by atoms with Crippen LogP contribution < -0.4 is 5.73 Å². The molecule has 0 aliphatic carbocycles. The topological polar surface area (TPSA) is 43.1 Å². The molecule has 0 heterocycles. The van der Waals surface area contributed by atoms with Gasteiger partial charge in [0, 0.05) is 0 Å². The van der Waals surface area contributed by atoms with Gasteiger partial charge in [-0.1, -0.05) is 39.8 Å².